The van der Waals surface area contributed by atoms with Gasteiger partial charge in [0.15, 0.2) is 0 Å². The highest BCUT2D eigenvalue weighted by Gasteiger charge is 2.29. The lowest BCUT2D eigenvalue weighted by Gasteiger charge is -2.26. The van der Waals surface area contributed by atoms with Gasteiger partial charge in [-0.05, 0) is 73.9 Å². The minimum absolute atomic E-state index is 0.217. The maximum absolute atomic E-state index is 12.7. The molecule has 1 saturated heterocycles. The number of hydrogen-bond acceptors (Lipinski definition) is 2. The molecule has 1 heterocycles. The molecule has 1 aliphatic heterocycles. The van der Waals surface area contributed by atoms with Crippen molar-refractivity contribution in [2.24, 2.45) is 0 Å². The van der Waals surface area contributed by atoms with Gasteiger partial charge in [0.2, 0.25) is 5.91 Å². The van der Waals surface area contributed by atoms with Crippen LogP contribution in [0.5, 0.6) is 5.75 Å². The summed E-state index contributed by atoms with van der Waals surface area (Å²) in [5.41, 5.74) is 3.22. The van der Waals surface area contributed by atoms with E-state index in [1.165, 1.54) is 5.57 Å². The summed E-state index contributed by atoms with van der Waals surface area (Å²) in [4.78, 5) is 14.7. The normalized spacial score (nSPS) is 17.6. The van der Waals surface area contributed by atoms with E-state index in [0.717, 1.165) is 61.3 Å². The number of amides is 1. The third-order valence-corrected chi connectivity index (χ3v) is 5.60. The number of carbonyl (C=O) groups excluding carboxylic acids is 1. The van der Waals surface area contributed by atoms with Crippen LogP contribution in [0.3, 0.4) is 0 Å². The standard InChI is InChI=1S/C25H31NO2.C2H6/c1-4-19(2)24-11-8-18-26(24)25(27)17-12-20(3)21-13-15-23(16-14-21)28-22-9-6-5-7-10-22;1-2/h6,9-10,13-16,24H,2-5,7-8,11-12,17-18H2,1H3;1-2H3. The fourth-order valence-electron chi connectivity index (χ4n) is 3.83. The van der Waals surface area contributed by atoms with Crippen LogP contribution < -0.4 is 4.74 Å². The summed E-state index contributed by atoms with van der Waals surface area (Å²) in [5, 5.41) is 0. The molecule has 0 aromatic heterocycles. The van der Waals surface area contributed by atoms with Gasteiger partial charge in [0.1, 0.15) is 11.5 Å². The van der Waals surface area contributed by atoms with Crippen molar-refractivity contribution in [3.05, 3.63) is 72.5 Å². The number of hydrogen-bond donors (Lipinski definition) is 0. The van der Waals surface area contributed by atoms with Crippen molar-refractivity contribution in [3.63, 3.8) is 0 Å². The van der Waals surface area contributed by atoms with Gasteiger partial charge in [0.25, 0.3) is 0 Å². The van der Waals surface area contributed by atoms with Crippen molar-refractivity contribution in [1.29, 1.82) is 0 Å². The van der Waals surface area contributed by atoms with Crippen LogP contribution in [0.4, 0.5) is 0 Å². The summed E-state index contributed by atoms with van der Waals surface area (Å²) in [7, 11) is 0. The van der Waals surface area contributed by atoms with Crippen LogP contribution in [0.2, 0.25) is 0 Å². The van der Waals surface area contributed by atoms with E-state index in [0.29, 0.717) is 12.8 Å². The Morgan fingerprint density at radius 2 is 1.87 bits per heavy atom. The van der Waals surface area contributed by atoms with E-state index < -0.39 is 0 Å². The van der Waals surface area contributed by atoms with Crippen molar-refractivity contribution in [3.8, 4) is 5.75 Å². The quantitative estimate of drug-likeness (QED) is 0.431. The van der Waals surface area contributed by atoms with Crippen LogP contribution in [-0.4, -0.2) is 23.4 Å². The van der Waals surface area contributed by atoms with Gasteiger partial charge < -0.3 is 9.64 Å². The molecule has 3 nitrogen and oxygen atoms in total. The first-order valence-electron chi connectivity index (χ1n) is 11.4. The highest BCUT2D eigenvalue weighted by molar-refractivity contribution is 5.79. The Morgan fingerprint density at radius 1 is 1.13 bits per heavy atom. The fraction of sp³-hybridized carbons (Fsp3) is 0.444. The van der Waals surface area contributed by atoms with Crippen molar-refractivity contribution in [2.75, 3.05) is 6.54 Å². The minimum Gasteiger partial charge on any atom is -0.458 e. The maximum Gasteiger partial charge on any atom is 0.223 e. The largest absolute Gasteiger partial charge is 0.458 e. The lowest BCUT2D eigenvalue weighted by molar-refractivity contribution is -0.131. The van der Waals surface area contributed by atoms with Crippen molar-refractivity contribution < 1.29 is 9.53 Å². The third-order valence-electron chi connectivity index (χ3n) is 5.60. The Kier molecular flexibility index (Phi) is 9.66. The molecule has 1 unspecified atom stereocenters. The van der Waals surface area contributed by atoms with E-state index in [1.54, 1.807) is 0 Å². The van der Waals surface area contributed by atoms with E-state index in [2.05, 4.69) is 32.2 Å². The summed E-state index contributed by atoms with van der Waals surface area (Å²) in [6.45, 7) is 15.3. The highest BCUT2D eigenvalue weighted by atomic mass is 16.5. The molecule has 1 amide bonds. The molecule has 0 N–H and O–H groups in total. The zero-order valence-electron chi connectivity index (χ0n) is 19.0. The number of likely N-dealkylation sites (tertiary alicyclic amines) is 1. The summed E-state index contributed by atoms with van der Waals surface area (Å²) in [5.74, 6) is 1.94. The first-order chi connectivity index (χ1) is 14.6. The zero-order chi connectivity index (χ0) is 21.9. The van der Waals surface area contributed by atoms with Gasteiger partial charge >= 0.3 is 0 Å². The molecule has 0 saturated carbocycles. The number of ether oxygens (including phenoxy) is 1. The topological polar surface area (TPSA) is 29.5 Å². The molecule has 1 fully saturated rings. The summed E-state index contributed by atoms with van der Waals surface area (Å²) >= 11 is 0. The Balaban J connectivity index is 0.00000155. The van der Waals surface area contributed by atoms with Gasteiger partial charge in [-0.15, -0.1) is 0 Å². The van der Waals surface area contributed by atoms with Crippen LogP contribution in [0.25, 0.3) is 5.57 Å². The van der Waals surface area contributed by atoms with E-state index >= 15 is 0 Å². The number of carbonyl (C=O) groups is 1. The average molecular weight is 408 g/mol. The zero-order valence-corrected chi connectivity index (χ0v) is 19.0. The van der Waals surface area contributed by atoms with Crippen molar-refractivity contribution >= 4 is 11.5 Å². The molecular weight excluding hydrogens is 370 g/mol. The molecule has 3 rings (SSSR count). The fourth-order valence-corrected chi connectivity index (χ4v) is 3.83. The molecule has 0 radical (unpaired) electrons. The Labute approximate surface area is 182 Å². The second-order valence-corrected chi connectivity index (χ2v) is 7.57. The summed E-state index contributed by atoms with van der Waals surface area (Å²) < 4.78 is 5.88. The van der Waals surface area contributed by atoms with E-state index in [1.807, 2.05) is 49.1 Å². The van der Waals surface area contributed by atoms with Gasteiger partial charge in [0.05, 0.1) is 6.04 Å². The lowest BCUT2D eigenvalue weighted by atomic mass is 10.0. The van der Waals surface area contributed by atoms with Crippen LogP contribution >= 0.6 is 0 Å². The second-order valence-electron chi connectivity index (χ2n) is 7.57. The number of rotatable bonds is 8. The van der Waals surface area contributed by atoms with E-state index in [9.17, 15) is 4.79 Å². The monoisotopic (exact) mass is 407 g/mol. The molecule has 0 bridgehead atoms. The van der Waals surface area contributed by atoms with Gasteiger partial charge in [-0.1, -0.05) is 57.7 Å². The summed E-state index contributed by atoms with van der Waals surface area (Å²) in [6, 6.07) is 8.20. The Morgan fingerprint density at radius 3 is 2.50 bits per heavy atom. The van der Waals surface area contributed by atoms with E-state index in [4.69, 9.17) is 4.74 Å². The van der Waals surface area contributed by atoms with Crippen LogP contribution in [-0.2, 0) is 4.79 Å². The SMILES string of the molecule is C=C(CCC(=O)N1CCCC1C(=C)CC)c1ccc(OC2=CCCC=C2)cc1.CC. The smallest absolute Gasteiger partial charge is 0.223 e. The molecule has 1 aromatic carbocycles. The summed E-state index contributed by atoms with van der Waals surface area (Å²) in [6.07, 6.45) is 12.6. The lowest BCUT2D eigenvalue weighted by Crippen LogP contribution is -2.36. The van der Waals surface area contributed by atoms with Crippen LogP contribution in [0, 0.1) is 0 Å². The van der Waals surface area contributed by atoms with Crippen LogP contribution in [0.1, 0.15) is 71.3 Å². The molecule has 3 heteroatoms. The Hall–Kier alpha value is -2.55. The van der Waals surface area contributed by atoms with Crippen molar-refractivity contribution in [1.82, 2.24) is 4.90 Å². The molecule has 1 aromatic rings. The van der Waals surface area contributed by atoms with Crippen molar-refractivity contribution in [2.45, 2.75) is 71.8 Å². The number of allylic oxidation sites excluding steroid dienone is 4. The molecule has 2 aliphatic rings. The molecule has 30 heavy (non-hydrogen) atoms. The molecule has 1 aliphatic carbocycles. The first-order valence-corrected chi connectivity index (χ1v) is 11.4. The minimum atomic E-state index is 0.217. The predicted octanol–water partition coefficient (Wildman–Crippen LogP) is 7.08. The van der Waals surface area contributed by atoms with Gasteiger partial charge in [-0.3, -0.25) is 4.79 Å². The molecular formula is C27H37NO2. The van der Waals surface area contributed by atoms with Gasteiger partial charge in [-0.2, -0.15) is 0 Å². The maximum atomic E-state index is 12.7. The molecule has 0 spiro atoms. The Bertz CT molecular complexity index is 786. The number of nitrogens with zero attached hydrogens (tertiary/aromatic N) is 1. The second kappa shape index (κ2) is 12.2. The highest BCUT2D eigenvalue weighted by Crippen LogP contribution is 2.27. The third kappa shape index (κ3) is 6.48. The predicted molar refractivity (Wildman–Crippen MR) is 127 cm³/mol. The number of benzene rings is 1. The first kappa shape index (κ1) is 23.7. The molecule has 1 atom stereocenters. The van der Waals surface area contributed by atoms with Crippen LogP contribution in [0.15, 0.2) is 67.0 Å². The van der Waals surface area contributed by atoms with Gasteiger partial charge in [0, 0.05) is 13.0 Å². The van der Waals surface area contributed by atoms with Gasteiger partial charge in [-0.25, -0.2) is 0 Å². The molecule has 162 valence electrons. The van der Waals surface area contributed by atoms with E-state index in [-0.39, 0.29) is 11.9 Å². The average Bonchev–Trinajstić information content (AvgIpc) is 3.29.